The first kappa shape index (κ1) is 18.3. The number of halogens is 3. The smallest absolute Gasteiger partial charge is 0.342 e. The van der Waals surface area contributed by atoms with E-state index >= 15 is 0 Å². The molecule has 2 aromatic heterocycles. The van der Waals surface area contributed by atoms with Crippen molar-refractivity contribution in [2.24, 2.45) is 0 Å². The number of aromatic amines is 1. The molecular weight excluding hydrogens is 371 g/mol. The molecule has 1 aliphatic rings. The summed E-state index contributed by atoms with van der Waals surface area (Å²) in [4.78, 5) is 22.1. The summed E-state index contributed by atoms with van der Waals surface area (Å²) in [6.07, 6.45) is -0.411. The molecule has 1 amide bonds. The zero-order chi connectivity index (χ0) is 20.1. The molecule has 0 fully saturated rings. The lowest BCUT2D eigenvalue weighted by atomic mass is 10.1. The number of hydrogen-bond acceptors (Lipinski definition) is 3. The first-order chi connectivity index (χ1) is 13.3. The Labute approximate surface area is 159 Å². The topological polar surface area (TPSA) is 66.8 Å². The lowest BCUT2D eigenvalue weighted by molar-refractivity contribution is -0.137. The van der Waals surface area contributed by atoms with Gasteiger partial charge >= 0.3 is 6.18 Å². The van der Waals surface area contributed by atoms with Crippen LogP contribution in [0.2, 0.25) is 0 Å². The number of imidazole rings is 1. The summed E-state index contributed by atoms with van der Waals surface area (Å²) in [6.45, 7) is 4.20. The SMILES string of the molecule is CCc1ncc(-c2cnn3c2C(=O)N(c2ccc(C(F)(F)F)cc2)C[C@@H]3C)[nH]1. The maximum absolute atomic E-state index is 13.2. The third-order valence-corrected chi connectivity index (χ3v) is 4.87. The molecule has 0 bridgehead atoms. The highest BCUT2D eigenvalue weighted by Crippen LogP contribution is 2.34. The number of nitrogens with one attached hydrogen (secondary N) is 1. The highest BCUT2D eigenvalue weighted by Gasteiger charge is 2.35. The number of benzene rings is 1. The Hall–Kier alpha value is -3.10. The van der Waals surface area contributed by atoms with Crippen LogP contribution in [0, 0.1) is 0 Å². The van der Waals surface area contributed by atoms with Crippen LogP contribution in [-0.4, -0.2) is 32.2 Å². The number of aryl methyl sites for hydroxylation is 1. The molecule has 1 aliphatic heterocycles. The average Bonchev–Trinajstić information content (AvgIpc) is 3.31. The van der Waals surface area contributed by atoms with Crippen molar-refractivity contribution in [3.63, 3.8) is 0 Å². The van der Waals surface area contributed by atoms with E-state index in [1.54, 1.807) is 17.1 Å². The van der Waals surface area contributed by atoms with Crippen LogP contribution in [0.1, 0.15) is 41.8 Å². The molecule has 0 spiro atoms. The first-order valence-corrected chi connectivity index (χ1v) is 8.90. The molecule has 3 aromatic rings. The zero-order valence-electron chi connectivity index (χ0n) is 15.3. The second-order valence-corrected chi connectivity index (χ2v) is 6.76. The van der Waals surface area contributed by atoms with E-state index in [9.17, 15) is 18.0 Å². The number of carbonyl (C=O) groups is 1. The lowest BCUT2D eigenvalue weighted by Crippen LogP contribution is -2.42. The maximum atomic E-state index is 13.2. The number of H-pyrrole nitrogens is 1. The van der Waals surface area contributed by atoms with Gasteiger partial charge in [-0.3, -0.25) is 9.48 Å². The largest absolute Gasteiger partial charge is 0.416 e. The molecule has 0 saturated carbocycles. The number of carbonyl (C=O) groups excluding carboxylic acids is 1. The molecule has 3 heterocycles. The van der Waals surface area contributed by atoms with Crippen LogP contribution in [0.25, 0.3) is 11.3 Å². The summed E-state index contributed by atoms with van der Waals surface area (Å²) in [5.41, 5.74) is 1.38. The van der Waals surface area contributed by atoms with E-state index in [1.165, 1.54) is 17.0 Å². The third kappa shape index (κ3) is 2.96. The number of nitrogens with zero attached hydrogens (tertiary/aromatic N) is 4. The van der Waals surface area contributed by atoms with Crippen LogP contribution in [0.15, 0.2) is 36.7 Å². The van der Waals surface area contributed by atoms with Gasteiger partial charge in [-0.05, 0) is 31.2 Å². The summed E-state index contributed by atoms with van der Waals surface area (Å²) < 4.78 is 40.1. The quantitative estimate of drug-likeness (QED) is 0.734. The Morgan fingerprint density at radius 2 is 1.93 bits per heavy atom. The predicted octanol–water partition coefficient (Wildman–Crippen LogP) is 4.08. The van der Waals surface area contributed by atoms with Gasteiger partial charge in [0.1, 0.15) is 11.5 Å². The first-order valence-electron chi connectivity index (χ1n) is 8.90. The molecule has 1 aromatic carbocycles. The molecule has 1 atom stereocenters. The molecule has 0 radical (unpaired) electrons. The highest BCUT2D eigenvalue weighted by atomic mass is 19.4. The molecule has 0 aliphatic carbocycles. The molecular formula is C19H18F3N5O. The predicted molar refractivity (Wildman–Crippen MR) is 97.0 cm³/mol. The van der Waals surface area contributed by atoms with Crippen molar-refractivity contribution in [3.8, 4) is 11.3 Å². The normalized spacial score (nSPS) is 17.1. The number of aromatic nitrogens is 4. The summed E-state index contributed by atoms with van der Waals surface area (Å²) in [5.74, 6) is 0.490. The van der Waals surface area contributed by atoms with Crippen molar-refractivity contribution in [2.45, 2.75) is 32.5 Å². The fourth-order valence-corrected chi connectivity index (χ4v) is 3.39. The zero-order valence-corrected chi connectivity index (χ0v) is 15.3. The van der Waals surface area contributed by atoms with Crippen molar-refractivity contribution in [3.05, 3.63) is 53.7 Å². The van der Waals surface area contributed by atoms with Crippen LogP contribution in [0.5, 0.6) is 0 Å². The van der Waals surface area contributed by atoms with E-state index in [4.69, 9.17) is 0 Å². The molecule has 6 nitrogen and oxygen atoms in total. The number of amides is 1. The van der Waals surface area contributed by atoms with Crippen LogP contribution in [0.4, 0.5) is 18.9 Å². The van der Waals surface area contributed by atoms with Crippen molar-refractivity contribution >= 4 is 11.6 Å². The standard InChI is InChI=1S/C19H18F3N5O/c1-3-16-23-9-15(25-16)14-8-24-27-11(2)10-26(18(28)17(14)27)13-6-4-12(5-7-13)19(20,21)22/h4-9,11H,3,10H2,1-2H3,(H,23,25)/t11-/m0/s1. The minimum Gasteiger partial charge on any atom is -0.342 e. The van der Waals surface area contributed by atoms with Gasteiger partial charge in [0, 0.05) is 18.7 Å². The molecule has 0 unspecified atom stereocenters. The van der Waals surface area contributed by atoms with Crippen molar-refractivity contribution in [1.82, 2.24) is 19.7 Å². The Kier molecular flexibility index (Phi) is 4.24. The summed E-state index contributed by atoms with van der Waals surface area (Å²) >= 11 is 0. The number of fused-ring (bicyclic) bond motifs is 1. The molecule has 1 N–H and O–H groups in total. The van der Waals surface area contributed by atoms with E-state index in [1.807, 2.05) is 13.8 Å². The molecule has 28 heavy (non-hydrogen) atoms. The van der Waals surface area contributed by atoms with Gasteiger partial charge < -0.3 is 9.88 Å². The van der Waals surface area contributed by atoms with Gasteiger partial charge in [-0.15, -0.1) is 0 Å². The maximum Gasteiger partial charge on any atom is 0.416 e. The van der Waals surface area contributed by atoms with E-state index < -0.39 is 11.7 Å². The summed E-state index contributed by atoms with van der Waals surface area (Å²) in [6, 6.07) is 4.50. The molecule has 4 rings (SSSR count). The van der Waals surface area contributed by atoms with Crippen LogP contribution in [0.3, 0.4) is 0 Å². The van der Waals surface area contributed by atoms with Gasteiger partial charge in [-0.2, -0.15) is 18.3 Å². The third-order valence-electron chi connectivity index (χ3n) is 4.87. The molecule has 146 valence electrons. The Balaban J connectivity index is 1.72. The van der Waals surface area contributed by atoms with E-state index in [0.29, 0.717) is 29.2 Å². The van der Waals surface area contributed by atoms with Gasteiger partial charge in [-0.25, -0.2) is 4.98 Å². The van der Waals surface area contributed by atoms with Gasteiger partial charge in [0.15, 0.2) is 0 Å². The Bertz CT molecular complexity index is 1020. The van der Waals surface area contributed by atoms with Crippen LogP contribution >= 0.6 is 0 Å². The number of rotatable bonds is 3. The van der Waals surface area contributed by atoms with Crippen molar-refractivity contribution in [2.75, 3.05) is 11.4 Å². The number of hydrogen-bond donors (Lipinski definition) is 1. The van der Waals surface area contributed by atoms with E-state index in [-0.39, 0.29) is 11.9 Å². The van der Waals surface area contributed by atoms with Crippen molar-refractivity contribution in [1.29, 1.82) is 0 Å². The van der Waals surface area contributed by atoms with Gasteiger partial charge in [0.05, 0.1) is 35.3 Å². The fourth-order valence-electron chi connectivity index (χ4n) is 3.39. The van der Waals surface area contributed by atoms with Crippen LogP contribution < -0.4 is 4.90 Å². The number of alkyl halides is 3. The fraction of sp³-hybridized carbons (Fsp3) is 0.316. The van der Waals surface area contributed by atoms with E-state index in [0.717, 1.165) is 24.4 Å². The summed E-state index contributed by atoms with van der Waals surface area (Å²) in [5, 5.41) is 4.35. The summed E-state index contributed by atoms with van der Waals surface area (Å²) in [7, 11) is 0. The average molecular weight is 389 g/mol. The second kappa shape index (κ2) is 6.50. The lowest BCUT2D eigenvalue weighted by Gasteiger charge is -2.32. The molecule has 9 heteroatoms. The minimum atomic E-state index is -4.42. The van der Waals surface area contributed by atoms with Gasteiger partial charge in [0.25, 0.3) is 5.91 Å². The van der Waals surface area contributed by atoms with Crippen molar-refractivity contribution < 1.29 is 18.0 Å². The van der Waals surface area contributed by atoms with Crippen LogP contribution in [-0.2, 0) is 12.6 Å². The number of anilines is 1. The highest BCUT2D eigenvalue weighted by molar-refractivity contribution is 6.09. The van der Waals surface area contributed by atoms with Gasteiger partial charge in [-0.1, -0.05) is 6.92 Å². The minimum absolute atomic E-state index is 0.127. The Morgan fingerprint density at radius 1 is 1.21 bits per heavy atom. The second-order valence-electron chi connectivity index (χ2n) is 6.76. The monoisotopic (exact) mass is 389 g/mol. The van der Waals surface area contributed by atoms with E-state index in [2.05, 4.69) is 15.1 Å². The molecule has 0 saturated heterocycles. The Morgan fingerprint density at radius 3 is 2.54 bits per heavy atom. The van der Waals surface area contributed by atoms with Gasteiger partial charge in [0.2, 0.25) is 0 Å².